The number of carbonyl (C=O) groups is 1. The van der Waals surface area contributed by atoms with Gasteiger partial charge in [0.05, 0.1) is 5.75 Å². The third-order valence-corrected chi connectivity index (χ3v) is 7.33. The smallest absolute Gasteiger partial charge is 0.236 e. The average Bonchev–Trinajstić information content (AvgIpc) is 3.43. The first kappa shape index (κ1) is 17.7. The van der Waals surface area contributed by atoms with Crippen LogP contribution in [0.5, 0.6) is 0 Å². The van der Waals surface area contributed by atoms with E-state index in [1.807, 2.05) is 30.3 Å². The summed E-state index contributed by atoms with van der Waals surface area (Å²) in [5, 5.41) is 5.38. The van der Waals surface area contributed by atoms with Crippen LogP contribution in [0.3, 0.4) is 0 Å². The highest BCUT2D eigenvalue weighted by molar-refractivity contribution is 8.00. The van der Waals surface area contributed by atoms with Crippen molar-refractivity contribution < 1.29 is 4.79 Å². The number of aryl methyl sites for hydroxylation is 2. The zero-order valence-electron chi connectivity index (χ0n) is 14.7. The fourth-order valence-corrected chi connectivity index (χ4v) is 6.00. The maximum atomic E-state index is 12.4. The van der Waals surface area contributed by atoms with Gasteiger partial charge in [-0.05, 0) is 24.8 Å². The van der Waals surface area contributed by atoms with Crippen molar-refractivity contribution >= 4 is 55.9 Å². The van der Waals surface area contributed by atoms with Crippen LogP contribution in [-0.4, -0.2) is 31.0 Å². The summed E-state index contributed by atoms with van der Waals surface area (Å²) in [6, 6.07) is 9.72. The maximum absolute atomic E-state index is 12.4. The largest absolute Gasteiger partial charge is 0.300 e. The molecule has 6 nitrogen and oxygen atoms in total. The van der Waals surface area contributed by atoms with E-state index in [1.165, 1.54) is 40.2 Å². The topological polar surface area (TPSA) is 80.7 Å². The number of carbonyl (C=O) groups excluding carboxylic acids is 1. The Bertz CT molecular complexity index is 1160. The Morgan fingerprint density at radius 1 is 1.18 bits per heavy atom. The number of nitrogens with zero attached hydrogens (tertiary/aromatic N) is 4. The van der Waals surface area contributed by atoms with E-state index in [0.29, 0.717) is 11.0 Å². The summed E-state index contributed by atoms with van der Waals surface area (Å²) in [7, 11) is 0. The van der Waals surface area contributed by atoms with Crippen LogP contribution in [-0.2, 0) is 17.6 Å². The molecule has 1 N–H and O–H groups in total. The Balaban J connectivity index is 1.27. The normalized spacial score (nSPS) is 13.0. The van der Waals surface area contributed by atoms with Crippen LogP contribution in [0.1, 0.15) is 16.9 Å². The van der Waals surface area contributed by atoms with Gasteiger partial charge >= 0.3 is 0 Å². The Morgan fingerprint density at radius 2 is 2.07 bits per heavy atom. The lowest BCUT2D eigenvalue weighted by atomic mass is 10.2. The van der Waals surface area contributed by atoms with E-state index in [1.54, 1.807) is 17.7 Å². The Hall–Kier alpha value is -2.36. The molecule has 1 amide bonds. The van der Waals surface area contributed by atoms with Gasteiger partial charge in [-0.3, -0.25) is 10.1 Å². The molecule has 9 heteroatoms. The third-order valence-electron chi connectivity index (χ3n) is 4.51. The first-order valence-electron chi connectivity index (χ1n) is 8.85. The lowest BCUT2D eigenvalue weighted by molar-refractivity contribution is -0.113. The number of nitrogens with one attached hydrogen (secondary N) is 1. The number of hydrogen-bond donors (Lipinski definition) is 1. The molecule has 0 unspecified atom stereocenters. The molecule has 0 saturated heterocycles. The fraction of sp³-hybridized carbons (Fsp3) is 0.211. The molecule has 5 rings (SSSR count). The molecule has 1 aliphatic carbocycles. The molecule has 0 aliphatic heterocycles. The van der Waals surface area contributed by atoms with Crippen molar-refractivity contribution in [1.29, 1.82) is 0 Å². The molecule has 1 aromatic carbocycles. The van der Waals surface area contributed by atoms with Gasteiger partial charge < -0.3 is 0 Å². The molecule has 0 bridgehead atoms. The number of thioether (sulfide) groups is 1. The first-order chi connectivity index (χ1) is 13.8. The van der Waals surface area contributed by atoms with Crippen molar-refractivity contribution in [1.82, 2.24) is 19.3 Å². The van der Waals surface area contributed by atoms with E-state index >= 15 is 0 Å². The van der Waals surface area contributed by atoms with Gasteiger partial charge in [-0.2, -0.15) is 9.36 Å². The maximum Gasteiger partial charge on any atom is 0.236 e. The average molecular weight is 426 g/mol. The standard InChI is InChI=1S/C19H15N5OS3/c25-14(22-19-23-16(24-28-19)11-5-2-1-3-6-11)9-26-17-15-12-7-4-8-13(12)27-18(15)21-10-20-17/h1-3,5-6,10H,4,7-9H2,(H,22,23,24,25). The van der Waals surface area contributed by atoms with Gasteiger partial charge in [-0.1, -0.05) is 42.1 Å². The van der Waals surface area contributed by atoms with Gasteiger partial charge in [0.25, 0.3) is 0 Å². The number of thiophene rings is 1. The van der Waals surface area contributed by atoms with Crippen LogP contribution in [0.4, 0.5) is 5.13 Å². The number of amides is 1. The summed E-state index contributed by atoms with van der Waals surface area (Å²) in [5.41, 5.74) is 2.31. The Morgan fingerprint density at radius 3 is 2.96 bits per heavy atom. The van der Waals surface area contributed by atoms with E-state index in [9.17, 15) is 4.79 Å². The summed E-state index contributed by atoms with van der Waals surface area (Å²) < 4.78 is 4.32. The second kappa shape index (κ2) is 7.57. The molecule has 1 aliphatic rings. The molecular formula is C19H15N5OS3. The van der Waals surface area contributed by atoms with Gasteiger partial charge in [0.15, 0.2) is 5.82 Å². The van der Waals surface area contributed by atoms with Crippen LogP contribution >= 0.6 is 34.6 Å². The van der Waals surface area contributed by atoms with Crippen molar-refractivity contribution in [3.8, 4) is 11.4 Å². The van der Waals surface area contributed by atoms with E-state index in [-0.39, 0.29) is 11.7 Å². The van der Waals surface area contributed by atoms with E-state index in [4.69, 9.17) is 0 Å². The third kappa shape index (κ3) is 3.41. The second-order valence-electron chi connectivity index (χ2n) is 6.34. The van der Waals surface area contributed by atoms with Gasteiger partial charge in [0.2, 0.25) is 11.0 Å². The summed E-state index contributed by atoms with van der Waals surface area (Å²) in [5.74, 6) is 0.788. The monoisotopic (exact) mass is 425 g/mol. The van der Waals surface area contributed by atoms with Crippen molar-refractivity contribution in [2.75, 3.05) is 11.1 Å². The number of aromatic nitrogens is 4. The predicted molar refractivity (Wildman–Crippen MR) is 114 cm³/mol. The van der Waals surface area contributed by atoms with Crippen molar-refractivity contribution in [2.24, 2.45) is 0 Å². The lowest BCUT2D eigenvalue weighted by Crippen LogP contribution is -2.14. The molecule has 0 atom stereocenters. The molecular weight excluding hydrogens is 410 g/mol. The zero-order valence-corrected chi connectivity index (χ0v) is 17.2. The summed E-state index contributed by atoms with van der Waals surface area (Å²) in [4.78, 5) is 28.1. The fourth-order valence-electron chi connectivity index (χ4n) is 3.28. The van der Waals surface area contributed by atoms with Gasteiger partial charge in [0.1, 0.15) is 16.2 Å². The SMILES string of the molecule is O=C(CSc1ncnc2sc3c(c12)CCC3)Nc1nc(-c2ccccc2)ns1. The highest BCUT2D eigenvalue weighted by Gasteiger charge is 2.21. The van der Waals surface area contributed by atoms with Gasteiger partial charge in [-0.25, -0.2) is 9.97 Å². The molecule has 0 radical (unpaired) electrons. The van der Waals surface area contributed by atoms with Crippen LogP contribution in [0.15, 0.2) is 41.7 Å². The van der Waals surface area contributed by atoms with Gasteiger partial charge in [-0.15, -0.1) is 11.3 Å². The lowest BCUT2D eigenvalue weighted by Gasteiger charge is -2.04. The van der Waals surface area contributed by atoms with Crippen molar-refractivity contribution in [3.63, 3.8) is 0 Å². The summed E-state index contributed by atoms with van der Waals surface area (Å²) >= 11 is 4.40. The summed E-state index contributed by atoms with van der Waals surface area (Å²) in [6.07, 6.45) is 4.99. The number of benzene rings is 1. The van der Waals surface area contributed by atoms with Crippen molar-refractivity contribution in [3.05, 3.63) is 47.1 Å². The minimum atomic E-state index is -0.112. The number of rotatable bonds is 5. The Kier molecular flexibility index (Phi) is 4.79. The molecule has 140 valence electrons. The van der Waals surface area contributed by atoms with E-state index in [2.05, 4.69) is 24.6 Å². The predicted octanol–water partition coefficient (Wildman–Crippen LogP) is 4.43. The minimum absolute atomic E-state index is 0.112. The Labute approximate surface area is 173 Å². The molecule has 0 spiro atoms. The molecule has 3 heterocycles. The molecule has 3 aromatic heterocycles. The van der Waals surface area contributed by atoms with Crippen LogP contribution in [0.2, 0.25) is 0 Å². The van der Waals surface area contributed by atoms with Gasteiger partial charge in [0, 0.05) is 27.4 Å². The molecule has 4 aromatic rings. The molecule has 0 saturated carbocycles. The van der Waals surface area contributed by atoms with E-state index < -0.39 is 0 Å². The minimum Gasteiger partial charge on any atom is -0.300 e. The highest BCUT2D eigenvalue weighted by Crippen LogP contribution is 2.40. The van der Waals surface area contributed by atoms with Crippen LogP contribution in [0.25, 0.3) is 21.6 Å². The highest BCUT2D eigenvalue weighted by atomic mass is 32.2. The van der Waals surface area contributed by atoms with Crippen LogP contribution in [0, 0.1) is 0 Å². The zero-order chi connectivity index (χ0) is 18.9. The second-order valence-corrected chi connectivity index (χ2v) is 9.14. The number of hydrogen-bond acceptors (Lipinski definition) is 8. The molecule has 28 heavy (non-hydrogen) atoms. The number of fused-ring (bicyclic) bond motifs is 3. The summed E-state index contributed by atoms with van der Waals surface area (Å²) in [6.45, 7) is 0. The quantitative estimate of drug-likeness (QED) is 0.376. The first-order valence-corrected chi connectivity index (χ1v) is 11.4. The molecule has 0 fully saturated rings. The van der Waals surface area contributed by atoms with Crippen molar-refractivity contribution in [2.45, 2.75) is 24.3 Å². The van der Waals surface area contributed by atoms with E-state index in [0.717, 1.165) is 33.6 Å². The number of anilines is 1. The van der Waals surface area contributed by atoms with Crippen LogP contribution < -0.4 is 5.32 Å².